The molecule has 0 aliphatic heterocycles. The highest BCUT2D eigenvalue weighted by atomic mass is 35.5. The zero-order valence-electron chi connectivity index (χ0n) is 9.81. The first-order valence-electron chi connectivity index (χ1n) is 5.52. The van der Waals surface area contributed by atoms with Crippen molar-refractivity contribution >= 4 is 34.4 Å². The fraction of sp³-hybridized carbons (Fsp3) is 0.167. The van der Waals surface area contributed by atoms with Crippen molar-refractivity contribution in [2.45, 2.75) is 6.04 Å². The number of nitrogens with one attached hydrogen (secondary N) is 2. The number of rotatable bonds is 4. The number of aromatic nitrogens is 1. The number of hydrogen-bond acceptors (Lipinski definition) is 3. The van der Waals surface area contributed by atoms with Crippen LogP contribution in [0.3, 0.4) is 0 Å². The Kier molecular flexibility index (Phi) is 3.73. The lowest BCUT2D eigenvalue weighted by Crippen LogP contribution is -2.42. The third kappa shape index (κ3) is 3.04. The Labute approximate surface area is 113 Å². The van der Waals surface area contributed by atoms with Crippen molar-refractivity contribution in [1.82, 2.24) is 10.3 Å². The molecule has 2 rings (SSSR count). The molecule has 0 spiro atoms. The Morgan fingerprint density at radius 1 is 1.42 bits per heavy atom. The van der Waals surface area contributed by atoms with E-state index >= 15 is 0 Å². The molecule has 0 fully saturated rings. The second-order valence-electron chi connectivity index (χ2n) is 4.07. The van der Waals surface area contributed by atoms with Gasteiger partial charge < -0.3 is 21.1 Å². The number of aliphatic carboxylic acids is 1. The van der Waals surface area contributed by atoms with E-state index in [0.29, 0.717) is 10.7 Å². The lowest BCUT2D eigenvalue weighted by Gasteiger charge is -2.07. The van der Waals surface area contributed by atoms with Crippen LogP contribution in [-0.2, 0) is 4.79 Å². The molecule has 100 valence electrons. The van der Waals surface area contributed by atoms with E-state index in [2.05, 4.69) is 10.3 Å². The molecule has 2 aromatic rings. The van der Waals surface area contributed by atoms with E-state index in [0.717, 1.165) is 10.9 Å². The molecule has 1 heterocycles. The Balaban J connectivity index is 2.11. The van der Waals surface area contributed by atoms with E-state index in [1.807, 2.05) is 0 Å². The quantitative estimate of drug-likeness (QED) is 0.669. The lowest BCUT2D eigenvalue weighted by molar-refractivity contribution is -0.138. The van der Waals surface area contributed by atoms with Gasteiger partial charge in [-0.2, -0.15) is 0 Å². The number of benzene rings is 1. The van der Waals surface area contributed by atoms with Gasteiger partial charge in [-0.25, -0.2) is 0 Å². The third-order valence-corrected chi connectivity index (χ3v) is 2.86. The van der Waals surface area contributed by atoms with Gasteiger partial charge in [0.15, 0.2) is 0 Å². The monoisotopic (exact) mass is 281 g/mol. The average Bonchev–Trinajstić information content (AvgIpc) is 2.78. The van der Waals surface area contributed by atoms with Crippen LogP contribution in [0.2, 0.25) is 5.02 Å². The maximum Gasteiger partial charge on any atom is 0.322 e. The predicted molar refractivity (Wildman–Crippen MR) is 71.3 cm³/mol. The summed E-state index contributed by atoms with van der Waals surface area (Å²) >= 11 is 5.85. The zero-order valence-corrected chi connectivity index (χ0v) is 10.6. The molecular formula is C12H12ClN3O3. The minimum absolute atomic E-state index is 0.135. The van der Waals surface area contributed by atoms with Crippen LogP contribution in [0.1, 0.15) is 10.5 Å². The minimum Gasteiger partial charge on any atom is -0.480 e. The number of fused-ring (bicyclic) bond motifs is 1. The molecule has 0 saturated heterocycles. The van der Waals surface area contributed by atoms with Crippen molar-refractivity contribution in [1.29, 1.82) is 0 Å². The highest BCUT2D eigenvalue weighted by Crippen LogP contribution is 2.19. The summed E-state index contributed by atoms with van der Waals surface area (Å²) in [5.74, 6) is -1.58. The van der Waals surface area contributed by atoms with Crippen LogP contribution in [0.4, 0.5) is 0 Å². The molecule has 0 radical (unpaired) electrons. The van der Waals surface area contributed by atoms with Gasteiger partial charge in [-0.1, -0.05) is 11.6 Å². The number of carbonyl (C=O) groups excluding carboxylic acids is 1. The summed E-state index contributed by atoms with van der Waals surface area (Å²) in [7, 11) is 0. The van der Waals surface area contributed by atoms with E-state index in [4.69, 9.17) is 22.4 Å². The number of aromatic amines is 1. The summed E-state index contributed by atoms with van der Waals surface area (Å²) in [5.41, 5.74) is 6.40. The Hall–Kier alpha value is -2.05. The molecule has 0 aliphatic carbocycles. The van der Waals surface area contributed by atoms with Gasteiger partial charge in [-0.3, -0.25) is 9.59 Å². The molecule has 7 heteroatoms. The molecule has 1 unspecified atom stereocenters. The van der Waals surface area contributed by atoms with Gasteiger partial charge >= 0.3 is 5.97 Å². The fourth-order valence-electron chi connectivity index (χ4n) is 1.61. The van der Waals surface area contributed by atoms with Gasteiger partial charge in [-0.05, 0) is 24.3 Å². The first kappa shape index (κ1) is 13.4. The molecule has 0 bridgehead atoms. The average molecular weight is 282 g/mol. The van der Waals surface area contributed by atoms with Crippen molar-refractivity contribution in [2.75, 3.05) is 6.54 Å². The normalized spacial score (nSPS) is 12.3. The van der Waals surface area contributed by atoms with Crippen LogP contribution in [0, 0.1) is 0 Å². The van der Waals surface area contributed by atoms with Crippen LogP contribution in [0.15, 0.2) is 24.3 Å². The molecule has 1 atom stereocenters. The van der Waals surface area contributed by atoms with E-state index < -0.39 is 17.9 Å². The lowest BCUT2D eigenvalue weighted by atomic mass is 10.2. The van der Waals surface area contributed by atoms with Crippen molar-refractivity contribution in [2.24, 2.45) is 5.73 Å². The zero-order chi connectivity index (χ0) is 14.0. The highest BCUT2D eigenvalue weighted by molar-refractivity contribution is 6.31. The van der Waals surface area contributed by atoms with Gasteiger partial charge in [0.25, 0.3) is 5.91 Å². The smallest absolute Gasteiger partial charge is 0.322 e. The summed E-state index contributed by atoms with van der Waals surface area (Å²) in [4.78, 5) is 25.2. The number of carboxylic acids is 1. The number of amides is 1. The summed E-state index contributed by atoms with van der Waals surface area (Å²) in [6, 6.07) is 5.72. The number of halogens is 1. The summed E-state index contributed by atoms with van der Waals surface area (Å²) in [6.07, 6.45) is 0. The van der Waals surface area contributed by atoms with Gasteiger partial charge in [0.05, 0.1) is 0 Å². The van der Waals surface area contributed by atoms with E-state index in [1.165, 1.54) is 0 Å². The van der Waals surface area contributed by atoms with Crippen LogP contribution in [0.25, 0.3) is 10.9 Å². The summed E-state index contributed by atoms with van der Waals surface area (Å²) in [6.45, 7) is -0.135. The standard InChI is InChI=1S/C12H12ClN3O3/c13-7-1-2-9-6(3-7)4-10(16-9)11(17)15-5-8(14)12(18)19/h1-4,8,16H,5,14H2,(H,15,17)(H,18,19). The van der Waals surface area contributed by atoms with Crippen LogP contribution in [-0.4, -0.2) is 34.6 Å². The SMILES string of the molecule is NC(CNC(=O)c1cc2cc(Cl)ccc2[nH]1)C(=O)O. The fourth-order valence-corrected chi connectivity index (χ4v) is 1.79. The molecule has 6 nitrogen and oxygen atoms in total. The number of hydrogen-bond donors (Lipinski definition) is 4. The maximum absolute atomic E-state index is 11.8. The second-order valence-corrected chi connectivity index (χ2v) is 4.51. The van der Waals surface area contributed by atoms with Crippen LogP contribution in [0.5, 0.6) is 0 Å². The van der Waals surface area contributed by atoms with E-state index in [1.54, 1.807) is 24.3 Å². The Morgan fingerprint density at radius 2 is 2.16 bits per heavy atom. The molecule has 0 saturated carbocycles. The van der Waals surface area contributed by atoms with Crippen molar-refractivity contribution in [3.8, 4) is 0 Å². The molecule has 19 heavy (non-hydrogen) atoms. The molecule has 1 amide bonds. The van der Waals surface area contributed by atoms with Crippen LogP contribution >= 0.6 is 11.6 Å². The molecule has 0 aliphatic rings. The van der Waals surface area contributed by atoms with E-state index in [9.17, 15) is 9.59 Å². The largest absolute Gasteiger partial charge is 0.480 e. The molecule has 5 N–H and O–H groups in total. The number of carbonyl (C=O) groups is 2. The van der Waals surface area contributed by atoms with Gasteiger partial charge in [0, 0.05) is 22.5 Å². The first-order valence-corrected chi connectivity index (χ1v) is 5.90. The van der Waals surface area contributed by atoms with Gasteiger partial charge in [0.2, 0.25) is 0 Å². The highest BCUT2D eigenvalue weighted by Gasteiger charge is 2.14. The first-order chi connectivity index (χ1) is 8.97. The number of H-pyrrole nitrogens is 1. The third-order valence-electron chi connectivity index (χ3n) is 2.63. The summed E-state index contributed by atoms with van der Waals surface area (Å²) in [5, 5.41) is 12.4. The minimum atomic E-state index is -1.16. The van der Waals surface area contributed by atoms with Crippen molar-refractivity contribution < 1.29 is 14.7 Å². The second kappa shape index (κ2) is 5.29. The summed E-state index contributed by atoms with van der Waals surface area (Å²) < 4.78 is 0. The maximum atomic E-state index is 11.8. The molecule has 1 aromatic carbocycles. The number of nitrogens with two attached hydrogens (primary N) is 1. The molecular weight excluding hydrogens is 270 g/mol. The van der Waals surface area contributed by atoms with Gasteiger partial charge in [-0.15, -0.1) is 0 Å². The Bertz CT molecular complexity index is 638. The Morgan fingerprint density at radius 3 is 2.84 bits per heavy atom. The van der Waals surface area contributed by atoms with Crippen LogP contribution < -0.4 is 11.1 Å². The number of carboxylic acid groups (broad SMARTS) is 1. The predicted octanol–water partition coefficient (Wildman–Crippen LogP) is 0.963. The van der Waals surface area contributed by atoms with Gasteiger partial charge in [0.1, 0.15) is 11.7 Å². The van der Waals surface area contributed by atoms with Crippen molar-refractivity contribution in [3.63, 3.8) is 0 Å². The van der Waals surface area contributed by atoms with Crippen molar-refractivity contribution in [3.05, 3.63) is 35.0 Å². The topological polar surface area (TPSA) is 108 Å². The molecule has 1 aromatic heterocycles. The van der Waals surface area contributed by atoms with E-state index in [-0.39, 0.29) is 6.54 Å².